The topological polar surface area (TPSA) is 68.3 Å². The van der Waals surface area contributed by atoms with Crippen molar-refractivity contribution in [2.75, 3.05) is 6.61 Å². The quantitative estimate of drug-likeness (QED) is 0.770. The summed E-state index contributed by atoms with van der Waals surface area (Å²) in [5, 5.41) is 9.06. The fourth-order valence-corrected chi connectivity index (χ4v) is 2.49. The predicted molar refractivity (Wildman–Crippen MR) is 87.6 cm³/mol. The summed E-state index contributed by atoms with van der Waals surface area (Å²) in [4.78, 5) is 0. The highest BCUT2D eigenvalue weighted by Crippen LogP contribution is 2.38. The van der Waals surface area contributed by atoms with Gasteiger partial charge in [0.1, 0.15) is 6.07 Å². The zero-order valence-corrected chi connectivity index (χ0v) is 14.4. The van der Waals surface area contributed by atoms with Crippen molar-refractivity contribution < 1.29 is 9.47 Å². The second kappa shape index (κ2) is 8.91. The Morgan fingerprint density at radius 2 is 2.00 bits per heavy atom. The van der Waals surface area contributed by atoms with E-state index in [0.29, 0.717) is 24.5 Å². The molecule has 21 heavy (non-hydrogen) atoms. The molecule has 116 valence electrons. The number of nitrogens with two attached hydrogens (primary N) is 1. The summed E-state index contributed by atoms with van der Waals surface area (Å²) in [7, 11) is 0. The van der Waals surface area contributed by atoms with Gasteiger partial charge in [-0.1, -0.05) is 13.8 Å². The van der Waals surface area contributed by atoms with E-state index in [4.69, 9.17) is 20.5 Å². The lowest BCUT2D eigenvalue weighted by Gasteiger charge is -2.18. The number of halogens is 1. The zero-order chi connectivity index (χ0) is 15.8. The highest BCUT2D eigenvalue weighted by atomic mass is 79.9. The van der Waals surface area contributed by atoms with Gasteiger partial charge in [-0.25, -0.2) is 0 Å². The van der Waals surface area contributed by atoms with Gasteiger partial charge >= 0.3 is 0 Å². The number of rotatable bonds is 8. The van der Waals surface area contributed by atoms with Crippen molar-refractivity contribution in [1.29, 1.82) is 5.26 Å². The van der Waals surface area contributed by atoms with Crippen molar-refractivity contribution in [3.8, 4) is 17.6 Å². The van der Waals surface area contributed by atoms with Gasteiger partial charge in [0.25, 0.3) is 0 Å². The molecule has 0 saturated carbocycles. The number of ether oxygens (including phenoxy) is 2. The van der Waals surface area contributed by atoms with Crippen LogP contribution in [0.3, 0.4) is 0 Å². The lowest BCUT2D eigenvalue weighted by atomic mass is 10.0. The highest BCUT2D eigenvalue weighted by Gasteiger charge is 2.17. The van der Waals surface area contributed by atoms with Gasteiger partial charge in [0.15, 0.2) is 17.6 Å². The molecule has 1 rings (SSSR count). The van der Waals surface area contributed by atoms with Gasteiger partial charge in [0.2, 0.25) is 0 Å². The van der Waals surface area contributed by atoms with Crippen LogP contribution in [0.5, 0.6) is 11.5 Å². The minimum Gasteiger partial charge on any atom is -0.490 e. The molecule has 5 heteroatoms. The Labute approximate surface area is 135 Å². The van der Waals surface area contributed by atoms with E-state index in [-0.39, 0.29) is 6.04 Å². The van der Waals surface area contributed by atoms with Crippen LogP contribution in [0.25, 0.3) is 0 Å². The fraction of sp³-hybridized carbons (Fsp3) is 0.562. The van der Waals surface area contributed by atoms with Crippen LogP contribution in [0, 0.1) is 11.3 Å². The van der Waals surface area contributed by atoms with E-state index < -0.39 is 6.10 Å². The van der Waals surface area contributed by atoms with Crippen LogP contribution in [0.4, 0.5) is 0 Å². The molecule has 0 saturated heterocycles. The molecule has 0 amide bonds. The van der Waals surface area contributed by atoms with E-state index in [9.17, 15) is 0 Å². The molecule has 1 aromatic rings. The average molecular weight is 355 g/mol. The van der Waals surface area contributed by atoms with Crippen LogP contribution in [-0.4, -0.2) is 18.8 Å². The van der Waals surface area contributed by atoms with Gasteiger partial charge in [-0.2, -0.15) is 5.26 Å². The van der Waals surface area contributed by atoms with Gasteiger partial charge in [-0.3, -0.25) is 0 Å². The van der Waals surface area contributed by atoms with Crippen molar-refractivity contribution in [3.63, 3.8) is 0 Å². The van der Waals surface area contributed by atoms with Crippen LogP contribution >= 0.6 is 15.9 Å². The Morgan fingerprint density at radius 1 is 1.29 bits per heavy atom. The number of benzene rings is 1. The van der Waals surface area contributed by atoms with Crippen molar-refractivity contribution >= 4 is 15.9 Å². The summed E-state index contributed by atoms with van der Waals surface area (Å²) in [5.74, 6) is 1.23. The molecule has 0 aliphatic rings. The summed E-state index contributed by atoms with van der Waals surface area (Å²) < 4.78 is 12.2. The molecule has 2 N–H and O–H groups in total. The van der Waals surface area contributed by atoms with E-state index in [1.165, 1.54) is 0 Å². The lowest BCUT2D eigenvalue weighted by molar-refractivity contribution is 0.230. The van der Waals surface area contributed by atoms with Crippen molar-refractivity contribution in [3.05, 3.63) is 22.2 Å². The summed E-state index contributed by atoms with van der Waals surface area (Å²) in [5.41, 5.74) is 7.10. The van der Waals surface area contributed by atoms with Crippen molar-refractivity contribution in [1.82, 2.24) is 0 Å². The van der Waals surface area contributed by atoms with Crippen molar-refractivity contribution in [2.24, 2.45) is 5.73 Å². The maximum absolute atomic E-state index is 9.06. The SMILES string of the molecule is CCOc1cc(CC(N)CC)cc(Br)c1OC(C#N)CC. The van der Waals surface area contributed by atoms with E-state index in [0.717, 1.165) is 22.9 Å². The molecule has 0 bridgehead atoms. The average Bonchev–Trinajstić information content (AvgIpc) is 2.47. The molecular formula is C16H23BrN2O2. The van der Waals surface area contributed by atoms with Gasteiger partial charge in [0, 0.05) is 6.04 Å². The molecular weight excluding hydrogens is 332 g/mol. The Balaban J connectivity index is 3.09. The Hall–Kier alpha value is -1.25. The molecule has 1 aromatic carbocycles. The number of nitriles is 1. The zero-order valence-electron chi connectivity index (χ0n) is 12.9. The number of nitrogens with zero attached hydrogens (tertiary/aromatic N) is 1. The third-order valence-corrected chi connectivity index (χ3v) is 3.76. The van der Waals surface area contributed by atoms with Crippen molar-refractivity contribution in [2.45, 2.75) is 52.2 Å². The minimum atomic E-state index is -0.482. The summed E-state index contributed by atoms with van der Waals surface area (Å²) in [6.45, 7) is 6.44. The van der Waals surface area contributed by atoms with Crippen LogP contribution in [0.1, 0.15) is 39.2 Å². The number of hydrogen-bond donors (Lipinski definition) is 1. The maximum Gasteiger partial charge on any atom is 0.184 e. The standard InChI is InChI=1S/C16H23BrN2O2/c1-4-12(19)7-11-8-14(17)16(15(9-11)20-6-3)21-13(5-2)10-18/h8-9,12-13H,4-7,19H2,1-3H3. The van der Waals surface area contributed by atoms with E-state index in [1.54, 1.807) is 0 Å². The minimum absolute atomic E-state index is 0.126. The molecule has 4 nitrogen and oxygen atoms in total. The first-order chi connectivity index (χ1) is 10.0. The van der Waals surface area contributed by atoms with Crippen LogP contribution in [0.2, 0.25) is 0 Å². The lowest BCUT2D eigenvalue weighted by Crippen LogP contribution is -2.21. The second-order valence-corrected chi connectivity index (χ2v) is 5.71. The molecule has 0 heterocycles. The van der Waals surface area contributed by atoms with E-state index in [2.05, 4.69) is 28.9 Å². The molecule has 0 radical (unpaired) electrons. The summed E-state index contributed by atoms with van der Waals surface area (Å²) >= 11 is 3.51. The highest BCUT2D eigenvalue weighted by molar-refractivity contribution is 9.10. The first kappa shape index (κ1) is 17.8. The molecule has 0 aliphatic heterocycles. The molecule has 2 unspecified atom stereocenters. The normalized spacial score (nSPS) is 13.3. The Morgan fingerprint density at radius 3 is 2.52 bits per heavy atom. The monoisotopic (exact) mass is 354 g/mol. The summed E-state index contributed by atoms with van der Waals surface area (Å²) in [6.07, 6.45) is 1.85. The first-order valence-corrected chi connectivity index (χ1v) is 8.11. The van der Waals surface area contributed by atoms with E-state index in [1.807, 2.05) is 26.0 Å². The molecule has 0 fully saturated rings. The van der Waals surface area contributed by atoms with Gasteiger partial charge in [-0.05, 0) is 59.8 Å². The third-order valence-electron chi connectivity index (χ3n) is 3.17. The predicted octanol–water partition coefficient (Wildman–Crippen LogP) is 3.81. The van der Waals surface area contributed by atoms with Crippen LogP contribution in [-0.2, 0) is 6.42 Å². The summed E-state index contributed by atoms with van der Waals surface area (Å²) in [6, 6.07) is 6.19. The molecule has 0 spiro atoms. The third kappa shape index (κ3) is 5.22. The molecule has 0 aromatic heterocycles. The van der Waals surface area contributed by atoms with Gasteiger partial charge < -0.3 is 15.2 Å². The first-order valence-electron chi connectivity index (χ1n) is 7.32. The van der Waals surface area contributed by atoms with Crippen LogP contribution in [0.15, 0.2) is 16.6 Å². The largest absolute Gasteiger partial charge is 0.490 e. The molecule has 0 aliphatic carbocycles. The Kier molecular flexibility index (Phi) is 7.55. The second-order valence-electron chi connectivity index (χ2n) is 4.85. The smallest absolute Gasteiger partial charge is 0.184 e. The van der Waals surface area contributed by atoms with Gasteiger partial charge in [-0.15, -0.1) is 0 Å². The van der Waals surface area contributed by atoms with Gasteiger partial charge in [0.05, 0.1) is 11.1 Å². The maximum atomic E-state index is 9.06. The fourth-order valence-electron chi connectivity index (χ4n) is 1.91. The molecule has 2 atom stereocenters. The van der Waals surface area contributed by atoms with E-state index >= 15 is 0 Å². The number of hydrogen-bond acceptors (Lipinski definition) is 4. The van der Waals surface area contributed by atoms with Crippen LogP contribution < -0.4 is 15.2 Å². The Bertz CT molecular complexity index is 500.